The molecule has 1 aliphatic rings. The van der Waals surface area contributed by atoms with E-state index in [0.29, 0.717) is 23.9 Å². The van der Waals surface area contributed by atoms with Gasteiger partial charge in [0.2, 0.25) is 0 Å². The van der Waals surface area contributed by atoms with Crippen molar-refractivity contribution in [1.29, 1.82) is 0 Å². The van der Waals surface area contributed by atoms with Crippen molar-refractivity contribution in [2.75, 3.05) is 31.2 Å². The largest absolute Gasteiger partial charge is 0.453 e. The van der Waals surface area contributed by atoms with Crippen LogP contribution in [0.1, 0.15) is 21.1 Å². The minimum Gasteiger partial charge on any atom is -0.453 e. The molecule has 3 aromatic rings. The van der Waals surface area contributed by atoms with Crippen LogP contribution in [0.25, 0.3) is 11.1 Å². The molecule has 0 amide bonds. The second-order valence-electron chi connectivity index (χ2n) is 6.31. The van der Waals surface area contributed by atoms with Crippen LogP contribution in [0.2, 0.25) is 0 Å². The first-order valence-electron chi connectivity index (χ1n) is 8.82. The molecule has 3 heterocycles. The average molecular weight is 384 g/mol. The number of anilines is 1. The lowest BCUT2D eigenvalue weighted by Crippen LogP contribution is -2.35. The van der Waals surface area contributed by atoms with Crippen molar-refractivity contribution in [3.8, 4) is 11.1 Å². The predicted molar refractivity (Wildman–Crippen MR) is 103 cm³/mol. The van der Waals surface area contributed by atoms with Crippen molar-refractivity contribution in [3.05, 3.63) is 58.8 Å². The molecule has 0 unspecified atom stereocenters. The van der Waals surface area contributed by atoms with Crippen molar-refractivity contribution in [3.63, 3.8) is 0 Å². The fourth-order valence-electron chi connectivity index (χ4n) is 3.00. The number of rotatable bonds is 5. The van der Waals surface area contributed by atoms with E-state index in [1.165, 1.54) is 11.3 Å². The zero-order valence-corrected chi connectivity index (χ0v) is 15.8. The SMILES string of the molecule is Cc1cc(COC(=O)c2cc(-c3ccccc3)c(N3CCOCC3)s2)on1. The Morgan fingerprint density at radius 3 is 2.70 bits per heavy atom. The lowest BCUT2D eigenvalue weighted by Gasteiger charge is -2.28. The summed E-state index contributed by atoms with van der Waals surface area (Å²) in [6.45, 7) is 4.91. The van der Waals surface area contributed by atoms with Gasteiger partial charge in [-0.05, 0) is 18.6 Å². The van der Waals surface area contributed by atoms with E-state index in [4.69, 9.17) is 14.0 Å². The van der Waals surface area contributed by atoms with Gasteiger partial charge in [-0.2, -0.15) is 0 Å². The van der Waals surface area contributed by atoms with Crippen LogP contribution in [0.3, 0.4) is 0 Å². The van der Waals surface area contributed by atoms with Crippen LogP contribution in [0.15, 0.2) is 47.0 Å². The molecule has 1 aliphatic heterocycles. The lowest BCUT2D eigenvalue weighted by atomic mass is 10.1. The Bertz CT molecular complexity index is 913. The van der Waals surface area contributed by atoms with Gasteiger partial charge in [0, 0.05) is 24.7 Å². The standard InChI is InChI=1S/C20H20N2O4S/c1-14-11-16(26-21-14)13-25-20(23)18-12-17(15-5-3-2-4-6-15)19(27-18)22-7-9-24-10-8-22/h2-6,11-12H,7-10,13H2,1H3. The first-order valence-corrected chi connectivity index (χ1v) is 9.63. The number of hydrogen-bond donors (Lipinski definition) is 0. The second-order valence-corrected chi connectivity index (χ2v) is 7.34. The Kier molecular flexibility index (Phi) is 5.22. The Hall–Kier alpha value is -2.64. The normalized spacial score (nSPS) is 14.3. The number of aromatic nitrogens is 1. The highest BCUT2D eigenvalue weighted by atomic mass is 32.1. The molecule has 2 aromatic heterocycles. The van der Waals surface area contributed by atoms with Crippen molar-refractivity contribution < 1.29 is 18.8 Å². The predicted octanol–water partition coefficient (Wildman–Crippen LogP) is 3.91. The summed E-state index contributed by atoms with van der Waals surface area (Å²) in [5, 5.41) is 4.88. The topological polar surface area (TPSA) is 64.8 Å². The highest BCUT2D eigenvalue weighted by Gasteiger charge is 2.22. The van der Waals surface area contributed by atoms with Gasteiger partial charge >= 0.3 is 5.97 Å². The molecular weight excluding hydrogens is 364 g/mol. The van der Waals surface area contributed by atoms with Crippen molar-refractivity contribution in [2.24, 2.45) is 0 Å². The number of aryl methyl sites for hydroxylation is 1. The van der Waals surface area contributed by atoms with Crippen molar-refractivity contribution in [2.45, 2.75) is 13.5 Å². The summed E-state index contributed by atoms with van der Waals surface area (Å²) in [6.07, 6.45) is 0. The molecule has 0 radical (unpaired) electrons. The number of benzene rings is 1. The fourth-order valence-corrected chi connectivity index (χ4v) is 4.13. The summed E-state index contributed by atoms with van der Waals surface area (Å²) in [5.41, 5.74) is 2.89. The van der Waals surface area contributed by atoms with Gasteiger partial charge in [0.25, 0.3) is 0 Å². The molecule has 4 rings (SSSR count). The number of thiophene rings is 1. The van der Waals surface area contributed by atoms with E-state index in [0.717, 1.165) is 34.9 Å². The van der Waals surface area contributed by atoms with Gasteiger partial charge in [-0.25, -0.2) is 4.79 Å². The minimum atomic E-state index is -0.356. The molecular formula is C20H20N2O4S. The second kappa shape index (κ2) is 7.94. The molecule has 0 N–H and O–H groups in total. The highest BCUT2D eigenvalue weighted by molar-refractivity contribution is 7.18. The molecule has 27 heavy (non-hydrogen) atoms. The maximum absolute atomic E-state index is 12.6. The Morgan fingerprint density at radius 1 is 1.22 bits per heavy atom. The maximum Gasteiger partial charge on any atom is 0.348 e. The Labute approximate surface area is 161 Å². The number of hydrogen-bond acceptors (Lipinski definition) is 7. The van der Waals surface area contributed by atoms with Crippen molar-refractivity contribution >= 4 is 22.3 Å². The molecule has 1 saturated heterocycles. The number of carbonyl (C=O) groups excluding carboxylic acids is 1. The van der Waals surface area contributed by atoms with Crippen LogP contribution >= 0.6 is 11.3 Å². The number of ether oxygens (including phenoxy) is 2. The third-order valence-electron chi connectivity index (χ3n) is 4.32. The molecule has 1 aromatic carbocycles. The first-order chi connectivity index (χ1) is 13.2. The molecule has 0 atom stereocenters. The van der Waals surface area contributed by atoms with Crippen LogP contribution in [0, 0.1) is 6.92 Å². The number of esters is 1. The maximum atomic E-state index is 12.6. The van der Waals surface area contributed by atoms with Crippen LogP contribution in [-0.4, -0.2) is 37.4 Å². The Balaban J connectivity index is 1.59. The van der Waals surface area contributed by atoms with E-state index in [1.807, 2.05) is 31.2 Å². The summed E-state index contributed by atoms with van der Waals surface area (Å²) in [6, 6.07) is 13.8. The van der Waals surface area contributed by atoms with Gasteiger partial charge in [-0.3, -0.25) is 0 Å². The van der Waals surface area contributed by atoms with Gasteiger partial charge in [-0.15, -0.1) is 11.3 Å². The van der Waals surface area contributed by atoms with Crippen LogP contribution in [0.4, 0.5) is 5.00 Å². The summed E-state index contributed by atoms with van der Waals surface area (Å²) >= 11 is 1.46. The monoisotopic (exact) mass is 384 g/mol. The van der Waals surface area contributed by atoms with Crippen LogP contribution in [-0.2, 0) is 16.1 Å². The van der Waals surface area contributed by atoms with Crippen LogP contribution < -0.4 is 4.90 Å². The number of carbonyl (C=O) groups is 1. The van der Waals surface area contributed by atoms with Crippen molar-refractivity contribution in [1.82, 2.24) is 5.16 Å². The third kappa shape index (κ3) is 4.04. The fraction of sp³-hybridized carbons (Fsp3) is 0.300. The zero-order chi connectivity index (χ0) is 18.6. The first kappa shape index (κ1) is 17.8. The zero-order valence-electron chi connectivity index (χ0n) is 15.0. The Morgan fingerprint density at radius 2 is 2.00 bits per heavy atom. The molecule has 7 heteroatoms. The van der Waals surface area contributed by atoms with E-state index in [2.05, 4.69) is 22.2 Å². The summed E-state index contributed by atoms with van der Waals surface area (Å²) in [5.74, 6) is 0.180. The summed E-state index contributed by atoms with van der Waals surface area (Å²) in [4.78, 5) is 15.4. The molecule has 0 bridgehead atoms. The molecule has 6 nitrogen and oxygen atoms in total. The summed E-state index contributed by atoms with van der Waals surface area (Å²) in [7, 11) is 0. The van der Waals surface area contributed by atoms with Crippen LogP contribution in [0.5, 0.6) is 0 Å². The third-order valence-corrected chi connectivity index (χ3v) is 5.49. The van der Waals surface area contributed by atoms with Gasteiger partial charge < -0.3 is 18.9 Å². The van der Waals surface area contributed by atoms with E-state index < -0.39 is 0 Å². The van der Waals surface area contributed by atoms with E-state index in [9.17, 15) is 4.79 Å². The molecule has 0 aliphatic carbocycles. The van der Waals surface area contributed by atoms with Gasteiger partial charge in [0.15, 0.2) is 12.4 Å². The molecule has 140 valence electrons. The smallest absolute Gasteiger partial charge is 0.348 e. The number of morpholine rings is 1. The van der Waals surface area contributed by atoms with E-state index in [1.54, 1.807) is 6.07 Å². The molecule has 0 spiro atoms. The minimum absolute atomic E-state index is 0.0745. The highest BCUT2D eigenvalue weighted by Crippen LogP contribution is 2.39. The van der Waals surface area contributed by atoms with E-state index >= 15 is 0 Å². The summed E-state index contributed by atoms with van der Waals surface area (Å²) < 4.78 is 16.0. The van der Waals surface area contributed by atoms with E-state index in [-0.39, 0.29) is 12.6 Å². The van der Waals surface area contributed by atoms with Gasteiger partial charge in [0.1, 0.15) is 4.88 Å². The number of nitrogens with zero attached hydrogens (tertiary/aromatic N) is 2. The quantitative estimate of drug-likeness (QED) is 0.622. The van der Waals surface area contributed by atoms with Gasteiger partial charge in [0.05, 0.1) is 23.9 Å². The molecule has 0 saturated carbocycles. The average Bonchev–Trinajstić information content (AvgIpc) is 3.34. The molecule has 1 fully saturated rings. The van der Waals surface area contributed by atoms with Gasteiger partial charge in [-0.1, -0.05) is 35.5 Å². The lowest BCUT2D eigenvalue weighted by molar-refractivity contribution is 0.0443.